The van der Waals surface area contributed by atoms with Crippen molar-refractivity contribution in [2.75, 3.05) is 39.9 Å². The lowest BCUT2D eigenvalue weighted by Gasteiger charge is -2.35. The number of carbonyl (C=O) groups is 2. The van der Waals surface area contributed by atoms with Crippen molar-refractivity contribution in [2.45, 2.75) is 19.8 Å². The Hall–Kier alpha value is -3.55. The summed E-state index contributed by atoms with van der Waals surface area (Å²) in [5.74, 6) is 1.47. The fraction of sp³-hybridized carbons (Fsp3) is 0.375. The van der Waals surface area contributed by atoms with E-state index in [0.717, 1.165) is 16.6 Å². The Balaban J connectivity index is 1.29. The zero-order valence-corrected chi connectivity index (χ0v) is 18.5. The number of piperazine rings is 1. The van der Waals surface area contributed by atoms with Crippen LogP contribution in [-0.4, -0.2) is 71.5 Å². The maximum atomic E-state index is 12.9. The Morgan fingerprint density at radius 2 is 1.81 bits per heavy atom. The highest BCUT2D eigenvalue weighted by Crippen LogP contribution is 2.28. The molecule has 1 aliphatic heterocycles. The van der Waals surface area contributed by atoms with Gasteiger partial charge in [0.1, 0.15) is 0 Å². The van der Waals surface area contributed by atoms with Crippen LogP contribution in [-0.2, 0) is 11.2 Å². The number of benzene rings is 2. The molecule has 0 bridgehead atoms. The lowest BCUT2D eigenvalue weighted by atomic mass is 10.1. The molecule has 2 amide bonds. The van der Waals surface area contributed by atoms with Gasteiger partial charge in [-0.3, -0.25) is 9.59 Å². The van der Waals surface area contributed by atoms with Crippen molar-refractivity contribution in [2.24, 2.45) is 0 Å². The van der Waals surface area contributed by atoms with E-state index in [9.17, 15) is 9.59 Å². The van der Waals surface area contributed by atoms with Crippen molar-refractivity contribution in [1.82, 2.24) is 19.8 Å². The Morgan fingerprint density at radius 3 is 2.56 bits per heavy atom. The summed E-state index contributed by atoms with van der Waals surface area (Å²) in [6.07, 6.45) is 2.67. The molecule has 0 aliphatic carbocycles. The molecule has 0 atom stereocenters. The van der Waals surface area contributed by atoms with Gasteiger partial charge in [-0.15, -0.1) is 0 Å². The SMILES string of the molecule is CCOc1ccc(CCC(=O)N2CCN(C(=O)c3ccc4nc[nH]c4c3)CC2)cc1OC. The molecule has 2 heterocycles. The van der Waals surface area contributed by atoms with Gasteiger partial charge in [0.05, 0.1) is 31.1 Å². The fourth-order valence-electron chi connectivity index (χ4n) is 3.96. The smallest absolute Gasteiger partial charge is 0.254 e. The Bertz CT molecular complexity index is 1100. The molecule has 1 fully saturated rings. The van der Waals surface area contributed by atoms with Crippen molar-refractivity contribution in [3.63, 3.8) is 0 Å². The van der Waals surface area contributed by atoms with Crippen molar-refractivity contribution < 1.29 is 19.1 Å². The van der Waals surface area contributed by atoms with Gasteiger partial charge >= 0.3 is 0 Å². The summed E-state index contributed by atoms with van der Waals surface area (Å²) in [5, 5.41) is 0. The van der Waals surface area contributed by atoms with Gasteiger partial charge in [0.25, 0.3) is 5.91 Å². The molecule has 168 valence electrons. The van der Waals surface area contributed by atoms with E-state index in [1.165, 1.54) is 0 Å². The van der Waals surface area contributed by atoms with Crippen LogP contribution in [0.2, 0.25) is 0 Å². The largest absolute Gasteiger partial charge is 0.493 e. The van der Waals surface area contributed by atoms with E-state index in [4.69, 9.17) is 9.47 Å². The van der Waals surface area contributed by atoms with Crippen LogP contribution in [0.5, 0.6) is 11.5 Å². The number of nitrogens with zero attached hydrogens (tertiary/aromatic N) is 3. The zero-order valence-electron chi connectivity index (χ0n) is 18.5. The number of H-pyrrole nitrogens is 1. The second-order valence-electron chi connectivity index (χ2n) is 7.73. The minimum atomic E-state index is -0.0184. The van der Waals surface area contributed by atoms with Crippen LogP contribution in [0.25, 0.3) is 11.0 Å². The highest BCUT2D eigenvalue weighted by atomic mass is 16.5. The van der Waals surface area contributed by atoms with Gasteiger partial charge in [0.15, 0.2) is 11.5 Å². The molecule has 0 radical (unpaired) electrons. The summed E-state index contributed by atoms with van der Waals surface area (Å²) >= 11 is 0. The second-order valence-corrected chi connectivity index (χ2v) is 7.73. The second kappa shape index (κ2) is 9.72. The van der Waals surface area contributed by atoms with E-state index in [2.05, 4.69) is 9.97 Å². The molecular weight excluding hydrogens is 408 g/mol. The van der Waals surface area contributed by atoms with E-state index in [1.807, 2.05) is 42.2 Å². The van der Waals surface area contributed by atoms with Crippen molar-refractivity contribution in [1.29, 1.82) is 0 Å². The van der Waals surface area contributed by atoms with Gasteiger partial charge in [-0.1, -0.05) is 6.07 Å². The van der Waals surface area contributed by atoms with Gasteiger partial charge in [-0.2, -0.15) is 0 Å². The lowest BCUT2D eigenvalue weighted by Crippen LogP contribution is -2.50. The van der Waals surface area contributed by atoms with Gasteiger partial charge in [0, 0.05) is 38.2 Å². The molecule has 1 saturated heterocycles. The van der Waals surface area contributed by atoms with E-state index >= 15 is 0 Å². The van der Waals surface area contributed by atoms with Crippen molar-refractivity contribution >= 4 is 22.8 Å². The summed E-state index contributed by atoms with van der Waals surface area (Å²) in [6, 6.07) is 11.2. The minimum Gasteiger partial charge on any atom is -0.493 e. The third-order valence-electron chi connectivity index (χ3n) is 5.74. The molecule has 3 aromatic rings. The topological polar surface area (TPSA) is 87.8 Å². The number of aryl methyl sites for hydroxylation is 1. The molecule has 0 spiro atoms. The lowest BCUT2D eigenvalue weighted by molar-refractivity contribution is -0.132. The molecule has 2 aromatic carbocycles. The number of aromatic nitrogens is 2. The molecule has 1 aliphatic rings. The minimum absolute atomic E-state index is 0.0184. The number of hydrogen-bond acceptors (Lipinski definition) is 5. The van der Waals surface area contributed by atoms with Gasteiger partial charge in [0.2, 0.25) is 5.91 Å². The maximum absolute atomic E-state index is 12.9. The maximum Gasteiger partial charge on any atom is 0.254 e. The van der Waals surface area contributed by atoms with Crippen molar-refractivity contribution in [3.8, 4) is 11.5 Å². The molecule has 0 saturated carbocycles. The number of nitrogens with one attached hydrogen (secondary N) is 1. The third-order valence-corrected chi connectivity index (χ3v) is 5.74. The first-order valence-corrected chi connectivity index (χ1v) is 10.9. The molecule has 8 nitrogen and oxygen atoms in total. The Kier molecular flexibility index (Phi) is 6.58. The Morgan fingerprint density at radius 1 is 1.03 bits per heavy atom. The average molecular weight is 437 g/mol. The number of aromatic amines is 1. The standard InChI is InChI=1S/C24H28N4O4/c1-3-32-21-8-4-17(14-22(21)31-2)5-9-23(29)27-10-12-28(13-11-27)24(30)18-6-7-19-20(15-18)26-16-25-19/h4,6-8,14-16H,3,5,9-13H2,1-2H3,(H,25,26). The number of amides is 2. The van der Waals surface area contributed by atoms with Gasteiger partial charge in [-0.05, 0) is 49.2 Å². The number of carbonyl (C=O) groups excluding carboxylic acids is 2. The first kappa shape index (κ1) is 21.7. The van der Waals surface area contributed by atoms with Crippen LogP contribution < -0.4 is 9.47 Å². The molecular formula is C24H28N4O4. The van der Waals surface area contributed by atoms with Crippen LogP contribution in [0.3, 0.4) is 0 Å². The van der Waals surface area contributed by atoms with Crippen LogP contribution in [0.15, 0.2) is 42.7 Å². The van der Waals surface area contributed by atoms with E-state index in [-0.39, 0.29) is 11.8 Å². The number of imidazole rings is 1. The number of rotatable bonds is 7. The van der Waals surface area contributed by atoms with Crippen LogP contribution >= 0.6 is 0 Å². The van der Waals surface area contributed by atoms with E-state index < -0.39 is 0 Å². The molecule has 8 heteroatoms. The normalized spacial score (nSPS) is 13.9. The van der Waals surface area contributed by atoms with E-state index in [1.54, 1.807) is 24.4 Å². The third kappa shape index (κ3) is 4.69. The quantitative estimate of drug-likeness (QED) is 0.615. The monoisotopic (exact) mass is 436 g/mol. The predicted molar refractivity (Wildman–Crippen MR) is 121 cm³/mol. The summed E-state index contributed by atoms with van der Waals surface area (Å²) in [5.41, 5.74) is 3.34. The summed E-state index contributed by atoms with van der Waals surface area (Å²) in [7, 11) is 1.61. The van der Waals surface area contributed by atoms with Crippen LogP contribution in [0, 0.1) is 0 Å². The first-order chi connectivity index (χ1) is 15.6. The summed E-state index contributed by atoms with van der Waals surface area (Å²) in [4.78, 5) is 36.4. The number of ether oxygens (including phenoxy) is 2. The van der Waals surface area contributed by atoms with Gasteiger partial charge < -0.3 is 24.3 Å². The molecule has 4 rings (SSSR count). The van der Waals surface area contributed by atoms with Crippen molar-refractivity contribution in [3.05, 3.63) is 53.9 Å². The Labute approximate surface area is 187 Å². The highest BCUT2D eigenvalue weighted by Gasteiger charge is 2.25. The molecule has 1 N–H and O–H groups in total. The highest BCUT2D eigenvalue weighted by molar-refractivity contribution is 5.97. The van der Waals surface area contributed by atoms with Crippen LogP contribution in [0.4, 0.5) is 0 Å². The molecule has 32 heavy (non-hydrogen) atoms. The summed E-state index contributed by atoms with van der Waals surface area (Å²) in [6.45, 7) is 4.65. The molecule has 1 aromatic heterocycles. The van der Waals surface area contributed by atoms with E-state index in [0.29, 0.717) is 62.7 Å². The number of fused-ring (bicyclic) bond motifs is 1. The molecule has 0 unspecified atom stereocenters. The zero-order chi connectivity index (χ0) is 22.5. The fourth-order valence-corrected chi connectivity index (χ4v) is 3.96. The summed E-state index contributed by atoms with van der Waals surface area (Å²) < 4.78 is 10.9. The predicted octanol–water partition coefficient (Wildman–Crippen LogP) is 2.89. The number of hydrogen-bond donors (Lipinski definition) is 1. The van der Waals surface area contributed by atoms with Gasteiger partial charge in [-0.25, -0.2) is 4.98 Å². The first-order valence-electron chi connectivity index (χ1n) is 10.9. The number of methoxy groups -OCH3 is 1. The van der Waals surface area contributed by atoms with Crippen LogP contribution in [0.1, 0.15) is 29.3 Å². The average Bonchev–Trinajstić information content (AvgIpc) is 3.31.